The molecule has 0 atom stereocenters. The molecule has 0 saturated heterocycles. The molecule has 90 heavy (non-hydrogen) atoms. The SMILES string of the molecule is FC(F)(F)c1cc(-c2ccc3c(c2)c2ccccc2n3-c2ccc(-c3cccnc3)c(-c3cc(-c4nc(-c5ccccc5)nc(-c5ccccc5)n4)ccc3-n3c4ccccc4c4cc(-c5cc(C(F)(F)F)cc(C(F)(F)F)c5)ccc43)c2)cc(C(F)(F)F)c1. The Morgan fingerprint density at radius 2 is 0.689 bits per heavy atom. The van der Waals surface area contributed by atoms with Crippen LogP contribution in [0.1, 0.15) is 22.3 Å². The van der Waals surface area contributed by atoms with Crippen LogP contribution in [-0.4, -0.2) is 29.1 Å². The molecule has 4 aromatic heterocycles. The molecular weight excluding hydrogens is 1180 g/mol. The van der Waals surface area contributed by atoms with E-state index in [0.717, 1.165) is 0 Å². The van der Waals surface area contributed by atoms with E-state index in [-0.39, 0.29) is 34.4 Å². The fraction of sp³-hybridized carbons (Fsp3) is 0.0556. The number of rotatable bonds is 9. The zero-order valence-electron chi connectivity index (χ0n) is 46.3. The summed E-state index contributed by atoms with van der Waals surface area (Å²) in [5.41, 5.74) is 1.81. The summed E-state index contributed by atoms with van der Waals surface area (Å²) in [4.78, 5) is 19.6. The number of aromatic nitrogens is 6. The number of hydrogen-bond donors (Lipinski definition) is 0. The summed E-state index contributed by atoms with van der Waals surface area (Å²) in [7, 11) is 0. The molecule has 18 heteroatoms. The highest BCUT2D eigenvalue weighted by molar-refractivity contribution is 6.12. The first-order valence-corrected chi connectivity index (χ1v) is 27.9. The second kappa shape index (κ2) is 21.5. The fourth-order valence-electron chi connectivity index (χ4n) is 11.8. The molecule has 0 radical (unpaired) electrons. The molecule has 0 bridgehead atoms. The molecule has 0 aliphatic heterocycles. The highest BCUT2D eigenvalue weighted by Gasteiger charge is 2.39. The van der Waals surface area contributed by atoms with E-state index >= 15 is 0 Å². The number of benzene rings is 10. The van der Waals surface area contributed by atoms with Crippen LogP contribution in [0.5, 0.6) is 0 Å². The Bertz CT molecular complexity index is 5000. The lowest BCUT2D eigenvalue weighted by Gasteiger charge is -2.20. The summed E-state index contributed by atoms with van der Waals surface area (Å²) >= 11 is 0. The van der Waals surface area contributed by atoms with Crippen molar-refractivity contribution >= 4 is 43.6 Å². The third-order valence-corrected chi connectivity index (χ3v) is 15.9. The van der Waals surface area contributed by atoms with Gasteiger partial charge >= 0.3 is 24.7 Å². The van der Waals surface area contributed by atoms with Crippen molar-refractivity contribution in [2.45, 2.75) is 24.7 Å². The number of pyridine rings is 1. The molecular formula is C72H40F12N6. The number of fused-ring (bicyclic) bond motifs is 6. The maximum absolute atomic E-state index is 14.3. The lowest BCUT2D eigenvalue weighted by molar-refractivity contribution is -0.144. The predicted octanol–water partition coefficient (Wildman–Crippen LogP) is 21.2. The van der Waals surface area contributed by atoms with Gasteiger partial charge in [-0.3, -0.25) is 4.98 Å². The smallest absolute Gasteiger partial charge is 0.309 e. The van der Waals surface area contributed by atoms with Gasteiger partial charge in [-0.25, -0.2) is 15.0 Å². The van der Waals surface area contributed by atoms with Crippen LogP contribution in [0.15, 0.2) is 243 Å². The third-order valence-electron chi connectivity index (χ3n) is 15.9. The number of hydrogen-bond acceptors (Lipinski definition) is 4. The highest BCUT2D eigenvalue weighted by atomic mass is 19.4. The maximum atomic E-state index is 14.3. The monoisotopic (exact) mass is 1220 g/mol. The Balaban J connectivity index is 1.04. The molecule has 14 aromatic rings. The van der Waals surface area contributed by atoms with Crippen LogP contribution in [0.25, 0.3) is 134 Å². The Morgan fingerprint density at radius 1 is 0.267 bits per heavy atom. The minimum Gasteiger partial charge on any atom is -0.309 e. The average Bonchev–Trinajstić information content (AvgIpc) is 1.55. The molecule has 0 saturated carbocycles. The molecule has 442 valence electrons. The molecule has 4 heterocycles. The van der Waals surface area contributed by atoms with E-state index < -0.39 is 47.0 Å². The maximum Gasteiger partial charge on any atom is 0.416 e. The normalized spacial score (nSPS) is 12.4. The largest absolute Gasteiger partial charge is 0.416 e. The van der Waals surface area contributed by atoms with E-state index in [4.69, 9.17) is 15.0 Å². The summed E-state index contributed by atoms with van der Waals surface area (Å²) < 4.78 is 175. The Labute approximate surface area is 503 Å². The van der Waals surface area contributed by atoms with E-state index in [1.54, 1.807) is 54.9 Å². The first-order chi connectivity index (χ1) is 43.1. The summed E-state index contributed by atoms with van der Waals surface area (Å²) in [6.45, 7) is 0. The quantitative estimate of drug-likeness (QED) is 0.135. The van der Waals surface area contributed by atoms with Crippen LogP contribution >= 0.6 is 0 Å². The van der Waals surface area contributed by atoms with E-state index in [1.807, 2.05) is 149 Å². The lowest BCUT2D eigenvalue weighted by atomic mass is 9.92. The van der Waals surface area contributed by atoms with Crippen molar-refractivity contribution in [2.75, 3.05) is 0 Å². The second-order valence-electron chi connectivity index (χ2n) is 21.5. The van der Waals surface area contributed by atoms with E-state index in [1.165, 1.54) is 12.1 Å². The van der Waals surface area contributed by atoms with Crippen molar-refractivity contribution in [3.63, 3.8) is 0 Å². The lowest BCUT2D eigenvalue weighted by Crippen LogP contribution is -2.11. The predicted molar refractivity (Wildman–Crippen MR) is 324 cm³/mol. The standard InChI is InChI=1S/C72H40F12N6/c73-69(74,75)49-30-47(31-50(37-49)70(76,77)78)43-21-26-63-58(34-43)55-17-7-9-19-61(55)89(63)53-24-25-54(46-16-11-29-85-40-46)57(39-53)60-36-45(68-87-66(41-12-3-1-4-13-41)86-67(88-68)42-14-5-2-6-15-42)23-28-65(60)90-62-20-10-8-18-56(62)59-35-44(22-27-64(59)90)48-32-51(71(79,80)81)38-52(33-48)72(82,83)84/h1-40H. The molecule has 0 unspecified atom stereocenters. The molecule has 0 fully saturated rings. The van der Waals surface area contributed by atoms with Gasteiger partial charge in [-0.05, 0) is 143 Å². The van der Waals surface area contributed by atoms with Gasteiger partial charge in [-0.2, -0.15) is 52.7 Å². The van der Waals surface area contributed by atoms with Crippen molar-refractivity contribution < 1.29 is 52.7 Å². The first kappa shape index (κ1) is 56.9. The molecule has 14 rings (SSSR count). The number of alkyl halides is 12. The van der Waals surface area contributed by atoms with E-state index in [2.05, 4.69) is 4.98 Å². The van der Waals surface area contributed by atoms with Gasteiger partial charge < -0.3 is 9.13 Å². The minimum atomic E-state index is -5.09. The van der Waals surface area contributed by atoms with Crippen LogP contribution in [0.4, 0.5) is 52.7 Å². The molecule has 0 aliphatic rings. The average molecular weight is 1220 g/mol. The van der Waals surface area contributed by atoms with Crippen molar-refractivity contribution in [3.8, 4) is 90.0 Å². The van der Waals surface area contributed by atoms with Gasteiger partial charge in [0.1, 0.15) is 0 Å². The summed E-state index contributed by atoms with van der Waals surface area (Å²) in [6, 6.07) is 60.8. The highest BCUT2D eigenvalue weighted by Crippen LogP contribution is 2.47. The third kappa shape index (κ3) is 10.4. The van der Waals surface area contributed by atoms with Crippen molar-refractivity contribution in [1.82, 2.24) is 29.1 Å². The van der Waals surface area contributed by atoms with Crippen LogP contribution in [0.3, 0.4) is 0 Å². The molecule has 0 aliphatic carbocycles. The van der Waals surface area contributed by atoms with Gasteiger partial charge in [0, 0.05) is 67.4 Å². The van der Waals surface area contributed by atoms with Gasteiger partial charge in [-0.1, -0.05) is 121 Å². The van der Waals surface area contributed by atoms with Gasteiger partial charge in [0.2, 0.25) is 0 Å². The van der Waals surface area contributed by atoms with Crippen molar-refractivity contribution in [3.05, 3.63) is 265 Å². The zero-order valence-corrected chi connectivity index (χ0v) is 46.3. The van der Waals surface area contributed by atoms with Gasteiger partial charge in [-0.15, -0.1) is 0 Å². The van der Waals surface area contributed by atoms with Crippen LogP contribution in [0.2, 0.25) is 0 Å². The summed E-state index contributed by atoms with van der Waals surface area (Å²) in [6.07, 6.45) is -17.0. The van der Waals surface area contributed by atoms with Crippen molar-refractivity contribution in [1.29, 1.82) is 0 Å². The summed E-state index contributed by atoms with van der Waals surface area (Å²) in [5, 5.41) is 2.29. The topological polar surface area (TPSA) is 61.4 Å². The molecule has 6 nitrogen and oxygen atoms in total. The van der Waals surface area contributed by atoms with Gasteiger partial charge in [0.25, 0.3) is 0 Å². The van der Waals surface area contributed by atoms with Crippen LogP contribution in [0, 0.1) is 0 Å². The number of nitrogens with zero attached hydrogens (tertiary/aromatic N) is 6. The van der Waals surface area contributed by atoms with E-state index in [0.29, 0.717) is 136 Å². The Morgan fingerprint density at radius 3 is 1.17 bits per heavy atom. The Hall–Kier alpha value is -10.9. The van der Waals surface area contributed by atoms with Gasteiger partial charge in [0.15, 0.2) is 17.5 Å². The molecule has 0 N–H and O–H groups in total. The molecule has 0 spiro atoms. The zero-order chi connectivity index (χ0) is 62.4. The minimum absolute atomic E-state index is 0.0933. The second-order valence-corrected chi connectivity index (χ2v) is 21.5. The molecule has 10 aromatic carbocycles. The first-order valence-electron chi connectivity index (χ1n) is 27.9. The molecule has 0 amide bonds. The Kier molecular flexibility index (Phi) is 13.6. The van der Waals surface area contributed by atoms with Crippen LogP contribution < -0.4 is 0 Å². The number of para-hydroxylation sites is 2. The van der Waals surface area contributed by atoms with Gasteiger partial charge in [0.05, 0.1) is 50.0 Å². The summed E-state index contributed by atoms with van der Waals surface area (Å²) in [5.74, 6) is 1.06. The fourth-order valence-corrected chi connectivity index (χ4v) is 11.8. The van der Waals surface area contributed by atoms with Crippen LogP contribution in [-0.2, 0) is 24.7 Å². The van der Waals surface area contributed by atoms with Crippen molar-refractivity contribution in [2.24, 2.45) is 0 Å². The van der Waals surface area contributed by atoms with E-state index in [9.17, 15) is 52.7 Å². The number of halogens is 12.